The van der Waals surface area contributed by atoms with Crippen LogP contribution in [0.5, 0.6) is 11.5 Å². The molecule has 0 atom stereocenters. The Kier molecular flexibility index (Phi) is 6.63. The van der Waals surface area contributed by atoms with Gasteiger partial charge in [0.15, 0.2) is 0 Å². The first kappa shape index (κ1) is 20.1. The van der Waals surface area contributed by atoms with Crippen molar-refractivity contribution in [3.05, 3.63) is 76.6 Å². The number of rotatable bonds is 8. The smallest absolute Gasteiger partial charge is 0.266 e. The Balaban J connectivity index is 1.63. The number of aromatic nitrogens is 2. The van der Waals surface area contributed by atoms with E-state index in [-0.39, 0.29) is 24.4 Å². The molecule has 0 aliphatic rings. The Morgan fingerprint density at radius 3 is 2.66 bits per heavy atom. The number of nitrogens with one attached hydrogen (secondary N) is 1. The van der Waals surface area contributed by atoms with Gasteiger partial charge in [-0.2, -0.15) is 5.10 Å². The van der Waals surface area contributed by atoms with E-state index >= 15 is 0 Å². The van der Waals surface area contributed by atoms with Gasteiger partial charge in [0.1, 0.15) is 11.5 Å². The van der Waals surface area contributed by atoms with Gasteiger partial charge in [-0.05, 0) is 24.3 Å². The van der Waals surface area contributed by atoms with Gasteiger partial charge in [-0.25, -0.2) is 4.68 Å². The number of hydrogen-bond acceptors (Lipinski definition) is 5. The monoisotopic (exact) mass is 393 g/mol. The molecule has 0 radical (unpaired) electrons. The minimum Gasteiger partial charge on any atom is -0.497 e. The summed E-state index contributed by atoms with van der Waals surface area (Å²) in [6.45, 7) is 0.566. The minimum atomic E-state index is -0.226. The first-order valence-electron chi connectivity index (χ1n) is 9.22. The summed E-state index contributed by atoms with van der Waals surface area (Å²) in [7, 11) is 3.17. The van der Waals surface area contributed by atoms with Crippen LogP contribution in [-0.4, -0.2) is 36.5 Å². The predicted molar refractivity (Wildman–Crippen MR) is 110 cm³/mol. The van der Waals surface area contributed by atoms with E-state index in [1.165, 1.54) is 10.7 Å². The number of nitrogens with zero attached hydrogens (tertiary/aromatic N) is 2. The van der Waals surface area contributed by atoms with Crippen LogP contribution in [0.25, 0.3) is 11.3 Å². The maximum absolute atomic E-state index is 12.2. The molecule has 0 fully saturated rings. The number of para-hydroxylation sites is 1. The van der Waals surface area contributed by atoms with E-state index in [1.807, 2.05) is 48.5 Å². The number of ether oxygens (including phenoxy) is 2. The molecule has 1 heterocycles. The van der Waals surface area contributed by atoms with Crippen molar-refractivity contribution in [1.29, 1.82) is 0 Å². The SMILES string of the molecule is COc1cccc(-c2ccc(=O)n(CCNC(=O)Cc3ccccc3OC)n2)c1. The summed E-state index contributed by atoms with van der Waals surface area (Å²) in [4.78, 5) is 24.3. The largest absolute Gasteiger partial charge is 0.497 e. The molecule has 0 saturated carbocycles. The Bertz CT molecular complexity index is 1050. The summed E-state index contributed by atoms with van der Waals surface area (Å²) in [5.74, 6) is 1.24. The fraction of sp³-hybridized carbons (Fsp3) is 0.227. The lowest BCUT2D eigenvalue weighted by Gasteiger charge is -2.10. The molecular weight excluding hydrogens is 370 g/mol. The lowest BCUT2D eigenvalue weighted by Crippen LogP contribution is -2.32. The molecule has 0 aliphatic carbocycles. The Morgan fingerprint density at radius 1 is 1.03 bits per heavy atom. The van der Waals surface area contributed by atoms with E-state index in [9.17, 15) is 9.59 Å². The number of benzene rings is 2. The molecule has 150 valence electrons. The van der Waals surface area contributed by atoms with Crippen molar-refractivity contribution in [3.8, 4) is 22.8 Å². The molecule has 0 unspecified atom stereocenters. The van der Waals surface area contributed by atoms with Crippen LogP contribution in [0.3, 0.4) is 0 Å². The van der Waals surface area contributed by atoms with Gasteiger partial charge in [0.05, 0.1) is 32.9 Å². The van der Waals surface area contributed by atoms with E-state index in [0.717, 1.165) is 11.1 Å². The lowest BCUT2D eigenvalue weighted by atomic mass is 10.1. The van der Waals surface area contributed by atoms with Gasteiger partial charge in [-0.15, -0.1) is 0 Å². The Morgan fingerprint density at radius 2 is 1.86 bits per heavy atom. The molecule has 3 rings (SSSR count). The fourth-order valence-corrected chi connectivity index (χ4v) is 2.93. The third-order valence-corrected chi connectivity index (χ3v) is 4.42. The zero-order valence-corrected chi connectivity index (χ0v) is 16.4. The van der Waals surface area contributed by atoms with Gasteiger partial charge in [0.25, 0.3) is 5.56 Å². The summed E-state index contributed by atoms with van der Waals surface area (Å²) in [5, 5.41) is 7.22. The zero-order chi connectivity index (χ0) is 20.6. The lowest BCUT2D eigenvalue weighted by molar-refractivity contribution is -0.120. The van der Waals surface area contributed by atoms with Crippen LogP contribution < -0.4 is 20.3 Å². The number of amides is 1. The summed E-state index contributed by atoms with van der Waals surface area (Å²) >= 11 is 0. The van der Waals surface area contributed by atoms with E-state index in [0.29, 0.717) is 23.7 Å². The normalized spacial score (nSPS) is 10.4. The van der Waals surface area contributed by atoms with Crippen molar-refractivity contribution in [2.45, 2.75) is 13.0 Å². The maximum Gasteiger partial charge on any atom is 0.266 e. The van der Waals surface area contributed by atoms with Crippen molar-refractivity contribution in [1.82, 2.24) is 15.1 Å². The van der Waals surface area contributed by atoms with Gasteiger partial charge in [-0.1, -0.05) is 30.3 Å². The molecule has 3 aromatic rings. The topological polar surface area (TPSA) is 82.5 Å². The molecule has 2 aromatic carbocycles. The van der Waals surface area contributed by atoms with Crippen molar-refractivity contribution in [3.63, 3.8) is 0 Å². The third kappa shape index (κ3) is 5.22. The number of methoxy groups -OCH3 is 2. The molecule has 1 N–H and O–H groups in total. The van der Waals surface area contributed by atoms with Crippen LogP contribution in [0.4, 0.5) is 0 Å². The van der Waals surface area contributed by atoms with Crippen molar-refractivity contribution in [2.24, 2.45) is 0 Å². The highest BCUT2D eigenvalue weighted by Gasteiger charge is 2.09. The number of carbonyl (C=O) groups is 1. The maximum atomic E-state index is 12.2. The van der Waals surface area contributed by atoms with Crippen molar-refractivity contribution >= 4 is 5.91 Å². The van der Waals surface area contributed by atoms with E-state index in [4.69, 9.17) is 9.47 Å². The van der Waals surface area contributed by atoms with Crippen molar-refractivity contribution in [2.75, 3.05) is 20.8 Å². The summed E-state index contributed by atoms with van der Waals surface area (Å²) < 4.78 is 11.8. The van der Waals surface area contributed by atoms with Gasteiger partial charge in [0.2, 0.25) is 5.91 Å². The highest BCUT2D eigenvalue weighted by molar-refractivity contribution is 5.79. The van der Waals surface area contributed by atoms with Crippen LogP contribution in [0.1, 0.15) is 5.56 Å². The molecule has 0 saturated heterocycles. The average molecular weight is 393 g/mol. The summed E-state index contributed by atoms with van der Waals surface area (Å²) in [6, 6.07) is 18.0. The van der Waals surface area contributed by atoms with Gasteiger partial charge in [0, 0.05) is 23.7 Å². The minimum absolute atomic E-state index is 0.147. The van der Waals surface area contributed by atoms with Crippen LogP contribution in [-0.2, 0) is 17.8 Å². The van der Waals surface area contributed by atoms with Crippen molar-refractivity contribution < 1.29 is 14.3 Å². The van der Waals surface area contributed by atoms with E-state index < -0.39 is 0 Å². The molecule has 7 nitrogen and oxygen atoms in total. The molecule has 0 aliphatic heterocycles. The summed E-state index contributed by atoms with van der Waals surface area (Å²) in [6.07, 6.45) is 0.205. The Hall–Kier alpha value is -3.61. The van der Waals surface area contributed by atoms with E-state index in [1.54, 1.807) is 20.3 Å². The van der Waals surface area contributed by atoms with Gasteiger partial charge in [-0.3, -0.25) is 9.59 Å². The molecular formula is C22H23N3O4. The highest BCUT2D eigenvalue weighted by Crippen LogP contribution is 2.21. The highest BCUT2D eigenvalue weighted by atomic mass is 16.5. The van der Waals surface area contributed by atoms with Crippen LogP contribution >= 0.6 is 0 Å². The zero-order valence-electron chi connectivity index (χ0n) is 16.4. The van der Waals surface area contributed by atoms with Gasteiger partial charge < -0.3 is 14.8 Å². The first-order chi connectivity index (χ1) is 14.1. The first-order valence-corrected chi connectivity index (χ1v) is 9.22. The second-order valence-electron chi connectivity index (χ2n) is 6.35. The quantitative estimate of drug-likeness (QED) is 0.635. The fourth-order valence-electron chi connectivity index (χ4n) is 2.93. The Labute approximate surface area is 168 Å². The number of carbonyl (C=O) groups excluding carboxylic acids is 1. The predicted octanol–water partition coefficient (Wildman–Crippen LogP) is 2.29. The molecule has 0 spiro atoms. The second-order valence-corrected chi connectivity index (χ2v) is 6.35. The average Bonchev–Trinajstić information content (AvgIpc) is 2.75. The van der Waals surface area contributed by atoms with Crippen LogP contribution in [0.15, 0.2) is 65.5 Å². The van der Waals surface area contributed by atoms with Gasteiger partial charge >= 0.3 is 0 Å². The standard InChI is InChI=1S/C22H23N3O4/c1-28-18-8-5-7-16(14-18)19-10-11-22(27)25(24-19)13-12-23-21(26)15-17-6-3-4-9-20(17)29-2/h3-11,14H,12-13,15H2,1-2H3,(H,23,26). The molecule has 7 heteroatoms. The second kappa shape index (κ2) is 9.54. The van der Waals surface area contributed by atoms with E-state index in [2.05, 4.69) is 10.4 Å². The summed E-state index contributed by atoms with van der Waals surface area (Å²) in [5.41, 5.74) is 2.08. The number of hydrogen-bond donors (Lipinski definition) is 1. The molecule has 29 heavy (non-hydrogen) atoms. The molecule has 1 amide bonds. The third-order valence-electron chi connectivity index (χ3n) is 4.42. The molecule has 1 aromatic heterocycles. The molecule has 0 bridgehead atoms. The van der Waals surface area contributed by atoms with Crippen LogP contribution in [0.2, 0.25) is 0 Å². The van der Waals surface area contributed by atoms with Crippen LogP contribution in [0, 0.1) is 0 Å².